The van der Waals surface area contributed by atoms with E-state index >= 15 is 0 Å². The van der Waals surface area contributed by atoms with Crippen LogP contribution in [0, 0.1) is 34.6 Å². The van der Waals surface area contributed by atoms with E-state index in [4.69, 9.17) is 0 Å². The highest BCUT2D eigenvalue weighted by molar-refractivity contribution is 5.91. The molecule has 1 aliphatic heterocycles. The first-order valence-corrected chi connectivity index (χ1v) is 29.8. The number of rotatable bonds is 7. The lowest BCUT2D eigenvalue weighted by atomic mass is 9.61. The van der Waals surface area contributed by atoms with E-state index in [0.717, 1.165) is 25.7 Å². The second-order valence-electron chi connectivity index (χ2n) is 31.1. The lowest BCUT2D eigenvalue weighted by Crippen LogP contribution is -2.54. The number of fused-ring (bicyclic) bond motifs is 6. The minimum absolute atomic E-state index is 0.0240. The topological polar surface area (TPSA) is 9.72 Å². The van der Waals surface area contributed by atoms with Gasteiger partial charge in [0.1, 0.15) is 0 Å². The van der Waals surface area contributed by atoms with Gasteiger partial charge < -0.3 is 14.7 Å². The zero-order valence-corrected chi connectivity index (χ0v) is 52.0. The van der Waals surface area contributed by atoms with Crippen molar-refractivity contribution in [3.8, 4) is 0 Å². The van der Waals surface area contributed by atoms with Crippen LogP contribution in [0.5, 0.6) is 0 Å². The summed E-state index contributed by atoms with van der Waals surface area (Å²) in [7, 11) is 0. The summed E-state index contributed by atoms with van der Waals surface area (Å²) in [5.41, 5.74) is 28.9. The van der Waals surface area contributed by atoms with E-state index in [1.54, 1.807) is 0 Å². The van der Waals surface area contributed by atoms with Gasteiger partial charge in [0.15, 0.2) is 0 Å². The average molecular weight is 1030 g/mol. The Morgan fingerprint density at radius 1 is 0.403 bits per heavy atom. The van der Waals surface area contributed by atoms with E-state index < -0.39 is 0 Å². The van der Waals surface area contributed by atoms with Gasteiger partial charge in [0.05, 0.1) is 22.6 Å². The fourth-order valence-corrected chi connectivity index (χ4v) is 17.5. The second-order valence-corrected chi connectivity index (χ2v) is 31.1. The molecule has 1 saturated carbocycles. The van der Waals surface area contributed by atoms with Crippen LogP contribution in [-0.2, 0) is 43.3 Å². The van der Waals surface area contributed by atoms with Crippen LogP contribution in [0.25, 0.3) is 0 Å². The van der Waals surface area contributed by atoms with Gasteiger partial charge in [-0.25, -0.2) is 0 Å². The zero-order chi connectivity index (χ0) is 55.9. The maximum Gasteiger partial charge on any atom is 0.0517 e. The Hall–Kier alpha value is -5.28. The number of hydrogen-bond donors (Lipinski definition) is 0. The Balaban J connectivity index is 1.19. The summed E-state index contributed by atoms with van der Waals surface area (Å²) in [5, 5.41) is 0. The number of anilines is 8. The van der Waals surface area contributed by atoms with Crippen molar-refractivity contribution in [3.63, 3.8) is 0 Å². The van der Waals surface area contributed by atoms with Crippen molar-refractivity contribution in [2.75, 3.05) is 14.7 Å². The lowest BCUT2D eigenvalue weighted by molar-refractivity contribution is 0.195. The summed E-state index contributed by atoms with van der Waals surface area (Å²) in [4.78, 5) is 8.17. The Bertz CT molecular complexity index is 3430. The van der Waals surface area contributed by atoms with Crippen molar-refractivity contribution in [1.82, 2.24) is 0 Å². The predicted octanol–water partition coefficient (Wildman–Crippen LogP) is 21.1. The standard InChI is InChI=1S/C74H95N3/c1-45-33-64(75(51-28-29-53-56(38-51)70(15,16)42-67(53,9)10)62-40-57-54(35-47(62)3)68(11,12)43-71(57,17)18)49(5)65(34-45)76(63-41-58-55(36-48(63)4)69(13,14)44-72(58,19)20)61-39-52(27-25-46(61)2)77-60-30-26-50(66(6,7)8)37-59(60)73(21)31-23-24-32-74(73,77)22/h25-30,33-41H,23-24,31-32,42-44H2,1-22H3. The van der Waals surface area contributed by atoms with Gasteiger partial charge in [0.25, 0.3) is 0 Å². The molecule has 406 valence electrons. The normalized spacial score (nSPS) is 23.5. The fourth-order valence-electron chi connectivity index (χ4n) is 17.5. The summed E-state index contributed by atoms with van der Waals surface area (Å²) >= 11 is 0. The zero-order valence-electron chi connectivity index (χ0n) is 52.0. The fraction of sp³-hybridized carbons (Fsp3) is 0.514. The minimum atomic E-state index is -0.0788. The Labute approximate surface area is 467 Å². The molecule has 6 aromatic carbocycles. The average Bonchev–Trinajstić information content (AvgIpc) is 3.86. The summed E-state index contributed by atoms with van der Waals surface area (Å²) in [6.07, 6.45) is 8.27. The van der Waals surface area contributed by atoms with Crippen LogP contribution in [0.4, 0.5) is 45.5 Å². The number of benzene rings is 6. The van der Waals surface area contributed by atoms with Crippen LogP contribution < -0.4 is 14.7 Å². The smallest absolute Gasteiger partial charge is 0.0517 e. The molecule has 0 radical (unpaired) electrons. The molecular weight excluding hydrogens is 931 g/mol. The Morgan fingerprint density at radius 3 is 1.42 bits per heavy atom. The SMILES string of the molecule is Cc1cc(N(c2ccc3c(c2)C(C)(C)CC3(C)C)c2cc3c(cc2C)C(C)(C)CC3(C)C)c(C)c(N(c2cc(N3c4ccc(C(C)(C)C)cc4C4(C)CCCCC34C)ccc2C)c2cc3c(cc2C)C(C)(C)CC3(C)C)c1. The summed E-state index contributed by atoms with van der Waals surface area (Å²) in [6, 6.07) is 37.8. The van der Waals surface area contributed by atoms with Gasteiger partial charge in [-0.2, -0.15) is 0 Å². The molecule has 11 rings (SSSR count). The van der Waals surface area contributed by atoms with E-state index in [-0.39, 0.29) is 48.9 Å². The van der Waals surface area contributed by atoms with E-state index in [1.165, 1.54) is 137 Å². The van der Waals surface area contributed by atoms with Crippen molar-refractivity contribution < 1.29 is 0 Å². The molecule has 0 spiro atoms. The Kier molecular flexibility index (Phi) is 11.8. The van der Waals surface area contributed by atoms with Crippen molar-refractivity contribution in [3.05, 3.63) is 163 Å². The third kappa shape index (κ3) is 8.05. The largest absolute Gasteiger partial charge is 0.334 e. The lowest BCUT2D eigenvalue weighted by Gasteiger charge is -2.50. The molecular formula is C74H95N3. The molecule has 3 heteroatoms. The van der Waals surface area contributed by atoms with Crippen LogP contribution in [0.2, 0.25) is 0 Å². The quantitative estimate of drug-likeness (QED) is 0.158. The first-order valence-electron chi connectivity index (χ1n) is 29.8. The van der Waals surface area contributed by atoms with Crippen LogP contribution in [-0.4, -0.2) is 5.54 Å². The number of nitrogens with zero attached hydrogens (tertiary/aromatic N) is 3. The first kappa shape index (κ1) is 53.7. The molecule has 4 aliphatic carbocycles. The maximum absolute atomic E-state index is 2.79. The molecule has 3 nitrogen and oxygen atoms in total. The highest BCUT2D eigenvalue weighted by Crippen LogP contribution is 2.63. The van der Waals surface area contributed by atoms with Gasteiger partial charge in [0.2, 0.25) is 0 Å². The van der Waals surface area contributed by atoms with Crippen LogP contribution in [0.1, 0.15) is 235 Å². The molecule has 0 aromatic heterocycles. The molecule has 0 bridgehead atoms. The van der Waals surface area contributed by atoms with Crippen molar-refractivity contribution >= 4 is 45.5 Å². The molecule has 2 unspecified atom stereocenters. The molecule has 1 heterocycles. The van der Waals surface area contributed by atoms with Crippen molar-refractivity contribution in [1.29, 1.82) is 0 Å². The van der Waals surface area contributed by atoms with Crippen LogP contribution in [0.3, 0.4) is 0 Å². The molecule has 6 aromatic rings. The monoisotopic (exact) mass is 1030 g/mol. The molecule has 0 saturated heterocycles. The molecule has 77 heavy (non-hydrogen) atoms. The molecule has 5 aliphatic rings. The van der Waals surface area contributed by atoms with Gasteiger partial charge in [0, 0.05) is 33.9 Å². The van der Waals surface area contributed by atoms with E-state index in [2.05, 4.69) is 258 Å². The highest BCUT2D eigenvalue weighted by Gasteiger charge is 2.58. The van der Waals surface area contributed by atoms with Gasteiger partial charge >= 0.3 is 0 Å². The minimum Gasteiger partial charge on any atom is -0.334 e. The van der Waals surface area contributed by atoms with Crippen LogP contribution in [0.15, 0.2) is 91.0 Å². The van der Waals surface area contributed by atoms with Gasteiger partial charge in [-0.3, -0.25) is 0 Å². The van der Waals surface area contributed by atoms with Crippen molar-refractivity contribution in [2.24, 2.45) is 0 Å². The second kappa shape index (κ2) is 16.9. The third-order valence-electron chi connectivity index (χ3n) is 21.1. The summed E-state index contributed by atoms with van der Waals surface area (Å²) in [5.74, 6) is 0. The molecule has 0 N–H and O–H groups in total. The predicted molar refractivity (Wildman–Crippen MR) is 333 cm³/mol. The van der Waals surface area contributed by atoms with Gasteiger partial charge in [-0.05, 0) is 238 Å². The van der Waals surface area contributed by atoms with Gasteiger partial charge in [-0.15, -0.1) is 0 Å². The van der Waals surface area contributed by atoms with E-state index in [9.17, 15) is 0 Å². The Morgan fingerprint density at radius 2 is 0.870 bits per heavy atom. The first-order chi connectivity index (χ1) is 35.5. The number of hydrogen-bond acceptors (Lipinski definition) is 3. The molecule has 2 atom stereocenters. The number of aryl methyl sites for hydroxylation is 4. The summed E-state index contributed by atoms with van der Waals surface area (Å²) < 4.78 is 0. The van der Waals surface area contributed by atoms with E-state index in [0.29, 0.717) is 0 Å². The highest BCUT2D eigenvalue weighted by atomic mass is 15.3. The third-order valence-corrected chi connectivity index (χ3v) is 21.1. The van der Waals surface area contributed by atoms with Gasteiger partial charge in [-0.1, -0.05) is 160 Å². The molecule has 0 amide bonds. The van der Waals surface area contributed by atoms with Crippen LogP contribution >= 0.6 is 0 Å². The molecule has 1 fully saturated rings. The van der Waals surface area contributed by atoms with Crippen molar-refractivity contribution in [2.45, 2.75) is 246 Å². The summed E-state index contributed by atoms with van der Waals surface area (Å²) in [6.45, 7) is 53.6. The van der Waals surface area contributed by atoms with E-state index in [1.807, 2.05) is 0 Å². The maximum atomic E-state index is 2.79.